The Bertz CT molecular complexity index is 3370. The number of fused-ring (bicyclic) bond motifs is 10. The molecule has 0 spiro atoms. The average Bonchev–Trinajstić information content (AvgIpc) is 2.07. The number of nitrogens with zero attached hydrogens (tertiary/aromatic N) is 5. The molecule has 2 unspecified atom stereocenters. The second-order valence-electron chi connectivity index (χ2n) is 24.3. The second-order valence-corrected chi connectivity index (χ2v) is 24.3. The summed E-state index contributed by atoms with van der Waals surface area (Å²) in [6.45, 7) is 11.6. The van der Waals surface area contributed by atoms with Crippen LogP contribution in [0.1, 0.15) is 147 Å². The van der Waals surface area contributed by atoms with E-state index in [-0.39, 0.29) is 60.5 Å². The van der Waals surface area contributed by atoms with Crippen LogP contribution in [0, 0.1) is 0 Å². The topological polar surface area (TPSA) is 155 Å². The van der Waals surface area contributed by atoms with E-state index < -0.39 is 0 Å². The third-order valence-electron chi connectivity index (χ3n) is 18.5. The fraction of sp³-hybridized carbons (Fsp3) is 0.522. The molecular weight excluding hydrogens is 1050 g/mol. The molecule has 6 atom stereocenters. The van der Waals surface area contributed by atoms with E-state index in [0.717, 1.165) is 53.8 Å². The Morgan fingerprint density at radius 3 is 1.43 bits per heavy atom. The van der Waals surface area contributed by atoms with Gasteiger partial charge in [0.2, 0.25) is 0 Å². The number of hydrogen-bond donors (Lipinski definition) is 1. The van der Waals surface area contributed by atoms with Crippen LogP contribution in [0.5, 0.6) is 11.5 Å². The summed E-state index contributed by atoms with van der Waals surface area (Å²) in [4.78, 5) is 58.5. The van der Waals surface area contributed by atoms with Crippen LogP contribution in [0.3, 0.4) is 0 Å². The van der Waals surface area contributed by atoms with Crippen LogP contribution in [-0.2, 0) is 44.9 Å². The van der Waals surface area contributed by atoms with Crippen molar-refractivity contribution in [1.29, 1.82) is 0 Å². The number of ether oxygens (including phenoxy) is 6. The predicted molar refractivity (Wildman–Crippen MR) is 322 cm³/mol. The number of carbonyl (C=O) groups excluding carboxylic acids is 4. The summed E-state index contributed by atoms with van der Waals surface area (Å²) in [5.74, 6) is 1.83. The summed E-state index contributed by atoms with van der Waals surface area (Å²) in [5, 5.41) is 5.75. The van der Waals surface area contributed by atoms with Crippen LogP contribution in [0.4, 0.5) is 9.59 Å². The van der Waals surface area contributed by atoms with E-state index in [4.69, 9.17) is 28.4 Å². The molecule has 6 heterocycles. The van der Waals surface area contributed by atoms with Gasteiger partial charge in [-0.15, -0.1) is 0 Å². The first-order valence-corrected chi connectivity index (χ1v) is 30.4. The molecule has 6 aliphatic rings. The van der Waals surface area contributed by atoms with Crippen molar-refractivity contribution < 1.29 is 47.6 Å². The lowest BCUT2D eigenvalue weighted by Gasteiger charge is -2.39. The minimum absolute atomic E-state index is 0.00000905. The first kappa shape index (κ1) is 57.8. The van der Waals surface area contributed by atoms with Gasteiger partial charge < -0.3 is 57.6 Å². The number of hydrogen-bond acceptors (Lipinski definition) is 10. The molecule has 2 saturated carbocycles. The van der Waals surface area contributed by atoms with E-state index in [1.54, 1.807) is 14.2 Å². The summed E-state index contributed by atoms with van der Waals surface area (Å²) in [7, 11) is 8.16. The number of esters is 2. The highest BCUT2D eigenvalue weighted by Gasteiger charge is 2.38. The molecule has 0 radical (unpaired) electrons. The van der Waals surface area contributed by atoms with E-state index in [9.17, 15) is 19.2 Å². The zero-order chi connectivity index (χ0) is 58.2. The molecule has 0 bridgehead atoms. The van der Waals surface area contributed by atoms with Crippen LogP contribution in [0.15, 0.2) is 72.8 Å². The first-order valence-electron chi connectivity index (χ1n) is 30.4. The zero-order valence-electron chi connectivity index (χ0n) is 50.1. The third kappa shape index (κ3) is 11.7. The van der Waals surface area contributed by atoms with Gasteiger partial charge in [0.1, 0.15) is 11.5 Å². The first-order chi connectivity index (χ1) is 40.1. The number of benzene rings is 4. The molecule has 83 heavy (non-hydrogen) atoms. The Labute approximate surface area is 488 Å². The van der Waals surface area contributed by atoms with Gasteiger partial charge in [0.15, 0.2) is 0 Å². The van der Waals surface area contributed by atoms with E-state index in [0.29, 0.717) is 75.1 Å². The number of rotatable bonds is 8. The molecule has 1 N–H and O–H groups in total. The Hall–Kier alpha value is -7.04. The van der Waals surface area contributed by atoms with Crippen molar-refractivity contribution in [2.24, 2.45) is 0 Å². The van der Waals surface area contributed by atoms with Crippen molar-refractivity contribution >= 4 is 45.8 Å². The number of methoxy groups -OCH3 is 4. The lowest BCUT2D eigenvalue weighted by molar-refractivity contribution is -0.0586. The minimum Gasteiger partial charge on any atom is -0.497 e. The van der Waals surface area contributed by atoms with Gasteiger partial charge in [-0.2, -0.15) is 0 Å². The van der Waals surface area contributed by atoms with E-state index in [2.05, 4.69) is 50.8 Å². The monoisotopic (exact) mass is 1130 g/mol. The van der Waals surface area contributed by atoms with Crippen LogP contribution in [-0.4, -0.2) is 146 Å². The normalized spacial score (nSPS) is 22.8. The number of nitrogens with one attached hydrogen (secondary N) is 1. The molecule has 2 saturated heterocycles. The summed E-state index contributed by atoms with van der Waals surface area (Å²) in [6.07, 6.45) is 13.5. The maximum atomic E-state index is 13.9. The van der Waals surface area contributed by atoms with Gasteiger partial charge in [0, 0.05) is 79.2 Å². The van der Waals surface area contributed by atoms with Crippen LogP contribution in [0.2, 0.25) is 0 Å². The quantitative estimate of drug-likeness (QED) is 0.146. The maximum absolute atomic E-state index is 13.9. The predicted octanol–water partition coefficient (Wildman–Crippen LogP) is 12.1. The van der Waals surface area contributed by atoms with Crippen molar-refractivity contribution in [3.63, 3.8) is 0 Å². The Morgan fingerprint density at radius 1 is 0.530 bits per heavy atom. The van der Waals surface area contributed by atoms with Gasteiger partial charge in [-0.3, -0.25) is 0 Å². The van der Waals surface area contributed by atoms with Gasteiger partial charge in [-0.25, -0.2) is 19.2 Å². The molecule has 2 aliphatic carbocycles. The largest absolute Gasteiger partial charge is 0.497 e. The SMILES string of the molecule is COC(=O)c1ccc2c(C3CCCCC3)c3n(c2c1)CC(N(C)C(=O)N1C[C@@H](C)O[C@@H](C)C1)Cc1cc(OC)ccc1-3.COC(=O)c1ccc2c(C3CCCCC3)c3n(c2c1)CC(NC(=O)N1C[C@@H](C)O[C@@H](C)C1)Cc1cc(OC)ccc1-3. The van der Waals surface area contributed by atoms with Gasteiger partial charge in [-0.1, -0.05) is 50.7 Å². The van der Waals surface area contributed by atoms with Crippen molar-refractivity contribution in [1.82, 2.24) is 29.2 Å². The molecule has 4 amide bonds. The van der Waals surface area contributed by atoms with Crippen LogP contribution >= 0.6 is 0 Å². The van der Waals surface area contributed by atoms with Gasteiger partial charge in [0.05, 0.1) is 87.5 Å². The lowest BCUT2D eigenvalue weighted by atomic mass is 9.81. The van der Waals surface area contributed by atoms with Crippen molar-refractivity contribution in [3.05, 3.63) is 106 Å². The molecule has 442 valence electrons. The standard InChI is InChI=1S/C34H43N3O5.C33H41N3O5/c1-21-18-36(19-22(2)42-21)34(39)35(3)26-15-25-16-27(40-4)12-14-28(25)32-31(23-9-7-6-8-10-23)29-13-11-24(33(38)41-5)17-30(29)37(32)20-26;1-20-17-35(18-21(2)41-20)33(38)34-25-14-24-15-26(39-3)11-13-27(24)31-30(22-8-6-5-7-9-22)28-12-10-23(32(37)40-4)16-29(28)36(31)19-25/h11-14,16-17,21-23,26H,6-10,15,18-20H2,1-5H3;10-13,15-16,20-22,25H,5-9,14,17-19H2,1-4H3,(H,34,38)/t21-,22+,26?;20-,21+,25?. The summed E-state index contributed by atoms with van der Waals surface area (Å²) >= 11 is 0. The number of carbonyl (C=O) groups is 4. The number of urea groups is 2. The van der Waals surface area contributed by atoms with Gasteiger partial charge in [-0.05, 0) is 161 Å². The Balaban J connectivity index is 0.000000174. The molecule has 12 rings (SSSR count). The summed E-state index contributed by atoms with van der Waals surface area (Å²) in [6, 6.07) is 24.3. The van der Waals surface area contributed by atoms with Crippen molar-refractivity contribution in [3.8, 4) is 34.0 Å². The van der Waals surface area contributed by atoms with Crippen LogP contribution < -0.4 is 14.8 Å². The zero-order valence-corrected chi connectivity index (χ0v) is 50.1. The highest BCUT2D eigenvalue weighted by molar-refractivity contribution is 6.00. The maximum Gasteiger partial charge on any atom is 0.337 e. The van der Waals surface area contributed by atoms with E-state index >= 15 is 0 Å². The smallest absolute Gasteiger partial charge is 0.337 e. The number of likely N-dealkylation sites (N-methyl/N-ethyl adjacent to an activating group) is 1. The lowest BCUT2D eigenvalue weighted by Crippen LogP contribution is -2.54. The molecule has 2 aromatic heterocycles. The molecule has 6 aromatic rings. The molecular formula is C67H84N6O10. The number of amides is 4. The van der Waals surface area contributed by atoms with Crippen molar-refractivity contribution in [2.45, 2.75) is 166 Å². The van der Waals surface area contributed by atoms with Crippen molar-refractivity contribution in [2.75, 3.05) is 61.7 Å². The van der Waals surface area contributed by atoms with Crippen LogP contribution in [0.25, 0.3) is 44.3 Å². The third-order valence-corrected chi connectivity index (χ3v) is 18.5. The highest BCUT2D eigenvalue weighted by atomic mass is 16.5. The summed E-state index contributed by atoms with van der Waals surface area (Å²) in [5.41, 5.74) is 13.0. The highest BCUT2D eigenvalue weighted by Crippen LogP contribution is 2.49. The molecule has 16 heteroatoms. The average molecular weight is 1130 g/mol. The Morgan fingerprint density at radius 2 is 0.976 bits per heavy atom. The van der Waals surface area contributed by atoms with E-state index in [1.165, 1.54) is 103 Å². The van der Waals surface area contributed by atoms with Gasteiger partial charge in [0.25, 0.3) is 0 Å². The fourth-order valence-electron chi connectivity index (χ4n) is 14.8. The molecule has 4 aliphatic heterocycles. The Kier molecular flexibility index (Phi) is 17.2. The molecule has 4 fully saturated rings. The molecule has 4 aromatic carbocycles. The second kappa shape index (κ2) is 24.7. The van der Waals surface area contributed by atoms with Gasteiger partial charge >= 0.3 is 24.0 Å². The fourth-order valence-corrected chi connectivity index (χ4v) is 14.8. The molecule has 16 nitrogen and oxygen atoms in total. The summed E-state index contributed by atoms with van der Waals surface area (Å²) < 4.78 is 38.0. The number of morpholine rings is 2. The van der Waals surface area contributed by atoms with E-state index in [1.807, 2.05) is 85.8 Å². The minimum atomic E-state index is -0.346. The number of aromatic nitrogens is 2.